The summed E-state index contributed by atoms with van der Waals surface area (Å²) >= 11 is 0. The van der Waals surface area contributed by atoms with Gasteiger partial charge in [0.2, 0.25) is 0 Å². The largest absolute Gasteiger partial charge is 0.496 e. The van der Waals surface area contributed by atoms with Gasteiger partial charge in [-0.3, -0.25) is 0 Å². The fourth-order valence-electron chi connectivity index (χ4n) is 0.976. The van der Waals surface area contributed by atoms with Gasteiger partial charge in [-0.15, -0.1) is 0 Å². The van der Waals surface area contributed by atoms with Gasteiger partial charge in [0.05, 0.1) is 7.11 Å². The Kier molecular flexibility index (Phi) is 2.36. The molecule has 0 heterocycles. The van der Waals surface area contributed by atoms with E-state index in [0.717, 1.165) is 17.0 Å². The fourth-order valence-corrected chi connectivity index (χ4v) is 0.976. The molecule has 0 unspecified atom stereocenters. The summed E-state index contributed by atoms with van der Waals surface area (Å²) in [6, 6.07) is 6.04. The Morgan fingerprint density at radius 3 is 2.64 bits per heavy atom. The highest BCUT2D eigenvalue weighted by Crippen LogP contribution is 2.21. The van der Waals surface area contributed by atoms with E-state index in [1.807, 2.05) is 32.2 Å². The Bertz CT molecular complexity index is 245. The molecule has 11 heavy (non-hydrogen) atoms. The van der Waals surface area contributed by atoms with E-state index >= 15 is 0 Å². The minimum Gasteiger partial charge on any atom is -0.496 e. The van der Waals surface area contributed by atoms with Gasteiger partial charge in [-0.25, -0.2) is 0 Å². The van der Waals surface area contributed by atoms with Crippen LogP contribution >= 0.6 is 0 Å². The molecule has 0 spiro atoms. The maximum atomic E-state index is 5.15. The molecule has 0 amide bonds. The number of methoxy groups -OCH3 is 1. The van der Waals surface area contributed by atoms with Crippen LogP contribution < -0.4 is 10.1 Å². The van der Waals surface area contributed by atoms with Crippen LogP contribution in [0.5, 0.6) is 5.75 Å². The molecule has 0 aliphatic heterocycles. The highest BCUT2D eigenvalue weighted by atomic mass is 16.5. The lowest BCUT2D eigenvalue weighted by Crippen LogP contribution is -1.91. The van der Waals surface area contributed by atoms with E-state index in [9.17, 15) is 0 Å². The molecule has 2 nitrogen and oxygen atoms in total. The summed E-state index contributed by atoms with van der Waals surface area (Å²) in [5, 5.41) is 3.05. The average molecular weight is 151 g/mol. The predicted molar refractivity (Wildman–Crippen MR) is 47.3 cm³/mol. The first-order valence-electron chi connectivity index (χ1n) is 3.60. The van der Waals surface area contributed by atoms with Gasteiger partial charge in [0, 0.05) is 18.8 Å². The molecule has 0 aromatic heterocycles. The highest BCUT2D eigenvalue weighted by Gasteiger charge is 1.97. The van der Waals surface area contributed by atoms with Crippen LogP contribution in [0.25, 0.3) is 0 Å². The van der Waals surface area contributed by atoms with Crippen molar-refractivity contribution in [3.63, 3.8) is 0 Å². The second kappa shape index (κ2) is 3.28. The third kappa shape index (κ3) is 1.64. The molecule has 0 saturated heterocycles. The summed E-state index contributed by atoms with van der Waals surface area (Å²) in [6.45, 7) is 2.03. The molecule has 2 heteroatoms. The first kappa shape index (κ1) is 7.92. The van der Waals surface area contributed by atoms with Crippen molar-refractivity contribution in [1.29, 1.82) is 0 Å². The quantitative estimate of drug-likeness (QED) is 0.698. The molecule has 1 N–H and O–H groups in total. The first-order chi connectivity index (χ1) is 5.27. The number of anilines is 1. The van der Waals surface area contributed by atoms with E-state index in [1.54, 1.807) is 7.11 Å². The molecular weight excluding hydrogens is 138 g/mol. The van der Waals surface area contributed by atoms with Gasteiger partial charge in [0.15, 0.2) is 0 Å². The number of benzene rings is 1. The monoisotopic (exact) mass is 151 g/mol. The fraction of sp³-hybridized carbons (Fsp3) is 0.333. The van der Waals surface area contributed by atoms with Crippen LogP contribution in [0.1, 0.15) is 5.56 Å². The van der Waals surface area contributed by atoms with Gasteiger partial charge < -0.3 is 10.1 Å². The summed E-state index contributed by atoms with van der Waals surface area (Å²) in [7, 11) is 3.58. The standard InChI is InChI=1S/C9H13NO/c1-7-4-5-8(10-2)6-9(7)11-3/h4-6,10H,1-3H3. The van der Waals surface area contributed by atoms with Crippen molar-refractivity contribution in [2.45, 2.75) is 6.92 Å². The highest BCUT2D eigenvalue weighted by molar-refractivity contribution is 5.50. The van der Waals surface area contributed by atoms with Crippen molar-refractivity contribution in [1.82, 2.24) is 0 Å². The molecule has 1 aromatic carbocycles. The smallest absolute Gasteiger partial charge is 0.123 e. The predicted octanol–water partition coefficient (Wildman–Crippen LogP) is 2.05. The zero-order valence-corrected chi connectivity index (χ0v) is 7.14. The Balaban J connectivity index is 3.02. The van der Waals surface area contributed by atoms with Crippen LogP contribution in [0.3, 0.4) is 0 Å². The molecular formula is C9H13NO. The molecule has 60 valence electrons. The van der Waals surface area contributed by atoms with E-state index in [2.05, 4.69) is 5.32 Å². The summed E-state index contributed by atoms with van der Waals surface area (Å²) in [4.78, 5) is 0. The Morgan fingerprint density at radius 1 is 1.36 bits per heavy atom. The molecule has 0 radical (unpaired) electrons. The lowest BCUT2D eigenvalue weighted by Gasteiger charge is -2.06. The molecule has 0 bridgehead atoms. The van der Waals surface area contributed by atoms with Crippen LogP contribution in [0.2, 0.25) is 0 Å². The van der Waals surface area contributed by atoms with Crippen molar-refractivity contribution >= 4 is 5.69 Å². The molecule has 0 saturated carbocycles. The van der Waals surface area contributed by atoms with Crippen molar-refractivity contribution < 1.29 is 4.74 Å². The van der Waals surface area contributed by atoms with Crippen LogP contribution in [0.4, 0.5) is 5.69 Å². The van der Waals surface area contributed by atoms with Gasteiger partial charge in [-0.1, -0.05) is 6.07 Å². The van der Waals surface area contributed by atoms with Gasteiger partial charge in [-0.2, -0.15) is 0 Å². The summed E-state index contributed by atoms with van der Waals surface area (Å²) < 4.78 is 5.15. The third-order valence-corrected chi connectivity index (χ3v) is 1.70. The number of rotatable bonds is 2. The number of nitrogens with one attached hydrogen (secondary N) is 1. The maximum Gasteiger partial charge on any atom is 0.123 e. The molecule has 0 fully saturated rings. The van der Waals surface area contributed by atoms with Crippen molar-refractivity contribution in [2.75, 3.05) is 19.5 Å². The summed E-state index contributed by atoms with van der Waals surface area (Å²) in [6.07, 6.45) is 0. The van der Waals surface area contributed by atoms with E-state index in [0.29, 0.717) is 0 Å². The average Bonchev–Trinajstić information content (AvgIpc) is 2.05. The molecule has 1 aromatic rings. The molecule has 1 rings (SSSR count). The van der Waals surface area contributed by atoms with Crippen molar-refractivity contribution in [3.05, 3.63) is 23.8 Å². The number of hydrogen-bond donors (Lipinski definition) is 1. The topological polar surface area (TPSA) is 21.3 Å². The van der Waals surface area contributed by atoms with Crippen LogP contribution in [0, 0.1) is 6.92 Å². The zero-order valence-electron chi connectivity index (χ0n) is 7.14. The van der Waals surface area contributed by atoms with Crippen LogP contribution in [-0.4, -0.2) is 14.2 Å². The maximum absolute atomic E-state index is 5.15. The second-order valence-electron chi connectivity index (χ2n) is 2.43. The van der Waals surface area contributed by atoms with Gasteiger partial charge in [-0.05, 0) is 18.6 Å². The van der Waals surface area contributed by atoms with Crippen LogP contribution in [0.15, 0.2) is 18.2 Å². The number of aryl methyl sites for hydroxylation is 1. The zero-order chi connectivity index (χ0) is 8.27. The Hall–Kier alpha value is -1.18. The van der Waals surface area contributed by atoms with Crippen molar-refractivity contribution in [2.24, 2.45) is 0 Å². The SMILES string of the molecule is CNc1ccc(C)c(OC)c1. The lowest BCUT2D eigenvalue weighted by atomic mass is 10.2. The van der Waals surface area contributed by atoms with Gasteiger partial charge in [0.1, 0.15) is 5.75 Å². The van der Waals surface area contributed by atoms with Crippen LogP contribution in [-0.2, 0) is 0 Å². The number of ether oxygens (including phenoxy) is 1. The minimum absolute atomic E-state index is 0.928. The molecule has 0 aliphatic rings. The van der Waals surface area contributed by atoms with E-state index in [-0.39, 0.29) is 0 Å². The third-order valence-electron chi connectivity index (χ3n) is 1.70. The van der Waals surface area contributed by atoms with E-state index < -0.39 is 0 Å². The minimum atomic E-state index is 0.928. The van der Waals surface area contributed by atoms with Gasteiger partial charge >= 0.3 is 0 Å². The lowest BCUT2D eigenvalue weighted by molar-refractivity contribution is 0.412. The van der Waals surface area contributed by atoms with Gasteiger partial charge in [0.25, 0.3) is 0 Å². The second-order valence-corrected chi connectivity index (χ2v) is 2.43. The molecule has 0 atom stereocenters. The summed E-state index contributed by atoms with van der Waals surface area (Å²) in [5.74, 6) is 0.928. The van der Waals surface area contributed by atoms with E-state index in [1.165, 1.54) is 0 Å². The summed E-state index contributed by atoms with van der Waals surface area (Å²) in [5.41, 5.74) is 2.24. The van der Waals surface area contributed by atoms with E-state index in [4.69, 9.17) is 4.74 Å². The first-order valence-corrected chi connectivity index (χ1v) is 3.60. The number of hydrogen-bond acceptors (Lipinski definition) is 2. The normalized spacial score (nSPS) is 9.36. The Morgan fingerprint density at radius 2 is 2.09 bits per heavy atom. The Labute approximate surface area is 67.2 Å². The molecule has 0 aliphatic carbocycles. The van der Waals surface area contributed by atoms with Crippen molar-refractivity contribution in [3.8, 4) is 5.75 Å².